The highest BCUT2D eigenvalue weighted by atomic mass is 16.2. The number of carbonyl (C=O) groups excluding carboxylic acids is 1. The average Bonchev–Trinajstić information content (AvgIpc) is 2.70. The number of carbonyl (C=O) groups is 1. The normalized spacial score (nSPS) is 21.3. The Balaban J connectivity index is 1.82. The standard InChI is InChI=1S/C17H26N2O/c1-14-6-5-12-19(13-11-14)17(20)16(18)10-9-15-7-3-2-4-8-15/h2-4,7-8,14,16H,5-6,9-13,18H2,1H3/t14?,16-/m0/s1. The van der Waals surface area contributed by atoms with Crippen molar-refractivity contribution in [3.8, 4) is 0 Å². The number of aryl methyl sites for hydroxylation is 1. The summed E-state index contributed by atoms with van der Waals surface area (Å²) >= 11 is 0. The highest BCUT2D eigenvalue weighted by Crippen LogP contribution is 2.17. The Hall–Kier alpha value is -1.35. The van der Waals surface area contributed by atoms with Crippen LogP contribution in [0.2, 0.25) is 0 Å². The van der Waals surface area contributed by atoms with Crippen LogP contribution in [0, 0.1) is 5.92 Å². The number of amides is 1. The van der Waals surface area contributed by atoms with Crippen LogP contribution in [0.4, 0.5) is 0 Å². The van der Waals surface area contributed by atoms with E-state index in [2.05, 4.69) is 19.1 Å². The summed E-state index contributed by atoms with van der Waals surface area (Å²) in [6.07, 6.45) is 5.05. The van der Waals surface area contributed by atoms with Gasteiger partial charge in [0.05, 0.1) is 6.04 Å². The van der Waals surface area contributed by atoms with E-state index in [1.165, 1.54) is 12.0 Å². The number of rotatable bonds is 4. The number of nitrogens with zero attached hydrogens (tertiary/aromatic N) is 1. The summed E-state index contributed by atoms with van der Waals surface area (Å²) in [6, 6.07) is 9.88. The van der Waals surface area contributed by atoms with Gasteiger partial charge in [-0.05, 0) is 43.6 Å². The summed E-state index contributed by atoms with van der Waals surface area (Å²) in [5.41, 5.74) is 7.34. The van der Waals surface area contributed by atoms with Crippen LogP contribution >= 0.6 is 0 Å². The molecule has 1 aromatic carbocycles. The summed E-state index contributed by atoms with van der Waals surface area (Å²) in [6.45, 7) is 4.02. The van der Waals surface area contributed by atoms with Crippen molar-refractivity contribution in [1.82, 2.24) is 4.90 Å². The third-order valence-electron chi connectivity index (χ3n) is 4.23. The van der Waals surface area contributed by atoms with Gasteiger partial charge in [-0.1, -0.05) is 37.3 Å². The highest BCUT2D eigenvalue weighted by Gasteiger charge is 2.23. The fourth-order valence-electron chi connectivity index (χ4n) is 2.81. The van der Waals surface area contributed by atoms with Crippen molar-refractivity contribution in [2.24, 2.45) is 11.7 Å². The van der Waals surface area contributed by atoms with E-state index < -0.39 is 0 Å². The van der Waals surface area contributed by atoms with E-state index in [-0.39, 0.29) is 11.9 Å². The lowest BCUT2D eigenvalue weighted by Gasteiger charge is -2.24. The minimum Gasteiger partial charge on any atom is -0.341 e. The van der Waals surface area contributed by atoms with Crippen LogP contribution in [-0.2, 0) is 11.2 Å². The van der Waals surface area contributed by atoms with E-state index in [0.717, 1.165) is 44.7 Å². The van der Waals surface area contributed by atoms with Gasteiger partial charge in [0, 0.05) is 13.1 Å². The summed E-state index contributed by atoms with van der Waals surface area (Å²) in [4.78, 5) is 14.4. The molecule has 0 saturated carbocycles. The van der Waals surface area contributed by atoms with Crippen LogP contribution in [0.25, 0.3) is 0 Å². The SMILES string of the molecule is CC1CCCN(C(=O)[C@@H](N)CCc2ccccc2)CC1. The molecule has 3 heteroatoms. The van der Waals surface area contributed by atoms with Gasteiger partial charge < -0.3 is 10.6 Å². The minimum absolute atomic E-state index is 0.134. The summed E-state index contributed by atoms with van der Waals surface area (Å²) in [7, 11) is 0. The molecular weight excluding hydrogens is 248 g/mol. The second-order valence-electron chi connectivity index (χ2n) is 5.99. The van der Waals surface area contributed by atoms with Crippen molar-refractivity contribution in [3.05, 3.63) is 35.9 Å². The maximum atomic E-state index is 12.4. The topological polar surface area (TPSA) is 46.3 Å². The molecule has 20 heavy (non-hydrogen) atoms. The second kappa shape index (κ2) is 7.44. The fraction of sp³-hybridized carbons (Fsp3) is 0.588. The third kappa shape index (κ3) is 4.34. The Morgan fingerprint density at radius 3 is 2.80 bits per heavy atom. The maximum absolute atomic E-state index is 12.4. The van der Waals surface area contributed by atoms with Crippen molar-refractivity contribution in [3.63, 3.8) is 0 Å². The van der Waals surface area contributed by atoms with Gasteiger partial charge in [-0.25, -0.2) is 0 Å². The Morgan fingerprint density at radius 2 is 2.05 bits per heavy atom. The summed E-state index contributed by atoms with van der Waals surface area (Å²) in [5.74, 6) is 0.864. The van der Waals surface area contributed by atoms with Gasteiger partial charge in [0.15, 0.2) is 0 Å². The predicted octanol–water partition coefficient (Wildman–Crippen LogP) is 2.60. The van der Waals surface area contributed by atoms with Crippen LogP contribution in [0.3, 0.4) is 0 Å². The number of hydrogen-bond donors (Lipinski definition) is 1. The van der Waals surface area contributed by atoms with Crippen LogP contribution in [0.1, 0.15) is 38.2 Å². The minimum atomic E-state index is -0.358. The first kappa shape index (κ1) is 15.0. The van der Waals surface area contributed by atoms with Gasteiger partial charge in [-0.3, -0.25) is 4.79 Å². The first-order valence-electron chi connectivity index (χ1n) is 7.75. The van der Waals surface area contributed by atoms with Crippen molar-refractivity contribution in [1.29, 1.82) is 0 Å². The Bertz CT molecular complexity index is 418. The van der Waals surface area contributed by atoms with Crippen molar-refractivity contribution in [2.45, 2.75) is 45.1 Å². The molecule has 0 aliphatic carbocycles. The molecule has 1 fully saturated rings. The molecule has 1 aliphatic heterocycles. The van der Waals surface area contributed by atoms with Crippen molar-refractivity contribution >= 4 is 5.91 Å². The van der Waals surface area contributed by atoms with Gasteiger partial charge in [0.25, 0.3) is 0 Å². The van der Waals surface area contributed by atoms with Gasteiger partial charge >= 0.3 is 0 Å². The van der Waals surface area contributed by atoms with Gasteiger partial charge in [0.1, 0.15) is 0 Å². The first-order chi connectivity index (χ1) is 9.66. The molecule has 2 N–H and O–H groups in total. The highest BCUT2D eigenvalue weighted by molar-refractivity contribution is 5.81. The quantitative estimate of drug-likeness (QED) is 0.917. The van der Waals surface area contributed by atoms with Gasteiger partial charge in [0.2, 0.25) is 5.91 Å². The Kier molecular flexibility index (Phi) is 5.60. The molecule has 1 aromatic rings. The van der Waals surface area contributed by atoms with E-state index in [9.17, 15) is 4.79 Å². The monoisotopic (exact) mass is 274 g/mol. The maximum Gasteiger partial charge on any atom is 0.239 e. The van der Waals surface area contributed by atoms with Crippen LogP contribution in [0.5, 0.6) is 0 Å². The lowest BCUT2D eigenvalue weighted by atomic mass is 10.0. The number of nitrogens with two attached hydrogens (primary N) is 1. The van der Waals surface area contributed by atoms with Gasteiger partial charge in [-0.2, -0.15) is 0 Å². The van der Waals surface area contributed by atoms with E-state index in [1.54, 1.807) is 0 Å². The average molecular weight is 274 g/mol. The Labute approximate surface area is 122 Å². The van der Waals surface area contributed by atoms with E-state index in [0.29, 0.717) is 0 Å². The Morgan fingerprint density at radius 1 is 1.30 bits per heavy atom. The van der Waals surface area contributed by atoms with Crippen molar-refractivity contribution < 1.29 is 4.79 Å². The molecule has 0 aromatic heterocycles. The fourth-order valence-corrected chi connectivity index (χ4v) is 2.81. The van der Waals surface area contributed by atoms with Crippen molar-refractivity contribution in [2.75, 3.05) is 13.1 Å². The number of likely N-dealkylation sites (tertiary alicyclic amines) is 1. The molecule has 110 valence electrons. The second-order valence-corrected chi connectivity index (χ2v) is 5.99. The van der Waals surface area contributed by atoms with E-state index in [4.69, 9.17) is 5.73 Å². The zero-order chi connectivity index (χ0) is 14.4. The molecule has 1 saturated heterocycles. The summed E-state index contributed by atoms with van der Waals surface area (Å²) in [5, 5.41) is 0. The largest absolute Gasteiger partial charge is 0.341 e. The molecule has 0 radical (unpaired) electrons. The molecule has 0 spiro atoms. The zero-order valence-corrected chi connectivity index (χ0v) is 12.4. The molecule has 2 atom stereocenters. The summed E-state index contributed by atoms with van der Waals surface area (Å²) < 4.78 is 0. The lowest BCUT2D eigenvalue weighted by molar-refractivity contribution is -0.132. The molecule has 1 unspecified atom stereocenters. The molecule has 0 bridgehead atoms. The first-order valence-corrected chi connectivity index (χ1v) is 7.75. The van der Waals surface area contributed by atoms with Crippen LogP contribution in [-0.4, -0.2) is 29.9 Å². The number of hydrogen-bond acceptors (Lipinski definition) is 2. The lowest BCUT2D eigenvalue weighted by Crippen LogP contribution is -2.44. The van der Waals surface area contributed by atoms with E-state index in [1.807, 2.05) is 23.1 Å². The predicted molar refractivity (Wildman–Crippen MR) is 82.3 cm³/mol. The zero-order valence-electron chi connectivity index (χ0n) is 12.4. The van der Waals surface area contributed by atoms with Crippen LogP contribution in [0.15, 0.2) is 30.3 Å². The molecule has 1 heterocycles. The molecule has 2 rings (SSSR count). The molecule has 1 aliphatic rings. The number of benzene rings is 1. The van der Waals surface area contributed by atoms with E-state index >= 15 is 0 Å². The third-order valence-corrected chi connectivity index (χ3v) is 4.23. The van der Waals surface area contributed by atoms with Crippen LogP contribution < -0.4 is 5.73 Å². The van der Waals surface area contributed by atoms with Gasteiger partial charge in [-0.15, -0.1) is 0 Å². The molecular formula is C17H26N2O. The molecule has 1 amide bonds. The smallest absolute Gasteiger partial charge is 0.239 e. The molecule has 3 nitrogen and oxygen atoms in total.